The highest BCUT2D eigenvalue weighted by atomic mass is 79.9. The molecule has 0 aliphatic carbocycles. The number of aryl methyl sites for hydroxylation is 1. The number of benzene rings is 3. The number of ether oxygens (including phenoxy) is 1. The summed E-state index contributed by atoms with van der Waals surface area (Å²) in [6, 6.07) is 19.3. The summed E-state index contributed by atoms with van der Waals surface area (Å²) in [6.45, 7) is 3.47. The first kappa shape index (κ1) is 27.7. The van der Waals surface area contributed by atoms with E-state index in [1.54, 1.807) is 26.0 Å². The molecule has 35 heavy (non-hydrogen) atoms. The lowest BCUT2D eigenvalue weighted by molar-refractivity contribution is -0.335. The molecule has 0 fully saturated rings. The van der Waals surface area contributed by atoms with Gasteiger partial charge in [-0.15, -0.1) is 0 Å². The third-order valence-corrected chi connectivity index (χ3v) is 7.77. The van der Waals surface area contributed by atoms with Crippen LogP contribution in [0.3, 0.4) is 0 Å². The molecule has 0 aromatic heterocycles. The summed E-state index contributed by atoms with van der Waals surface area (Å²) in [5.74, 6) is 0. The first-order chi connectivity index (χ1) is 16.5. The van der Waals surface area contributed by atoms with Crippen LogP contribution in [-0.2, 0) is 34.4 Å². The molecule has 1 N–H and O–H groups in total. The molecule has 0 bridgehead atoms. The van der Waals surface area contributed by atoms with Crippen LogP contribution in [0.5, 0.6) is 0 Å². The van der Waals surface area contributed by atoms with Gasteiger partial charge in [-0.1, -0.05) is 74.5 Å². The van der Waals surface area contributed by atoms with Crippen molar-refractivity contribution in [2.24, 2.45) is 0 Å². The molecule has 9 heteroatoms. The van der Waals surface area contributed by atoms with Crippen molar-refractivity contribution in [2.75, 3.05) is 0 Å². The van der Waals surface area contributed by atoms with E-state index in [9.17, 15) is 28.2 Å². The third kappa shape index (κ3) is 5.91. The molecule has 3 aromatic carbocycles. The maximum Gasteiger partial charge on any atom is 0.297 e. The Hall–Kier alpha value is -1.93. The van der Waals surface area contributed by atoms with Crippen LogP contribution in [0.1, 0.15) is 59.4 Å². The van der Waals surface area contributed by atoms with Crippen LogP contribution < -0.4 is 9.79 Å². The van der Waals surface area contributed by atoms with E-state index in [2.05, 4.69) is 15.9 Å². The number of halogens is 3. The van der Waals surface area contributed by atoms with Crippen molar-refractivity contribution in [2.45, 2.75) is 51.2 Å². The molecule has 188 valence electrons. The van der Waals surface area contributed by atoms with Crippen LogP contribution in [0.15, 0.2) is 71.2 Å². The van der Waals surface area contributed by atoms with Gasteiger partial charge in [-0.25, -0.2) is 0 Å². The quantitative estimate of drug-likeness (QED) is 0.326. The smallest absolute Gasteiger partial charge is 0.297 e. The number of hydrogen-bond acceptors (Lipinski definition) is 5. The van der Waals surface area contributed by atoms with Crippen molar-refractivity contribution in [3.63, 3.8) is 0 Å². The zero-order chi connectivity index (χ0) is 25.8. The zero-order valence-corrected chi connectivity index (χ0v) is 21.8. The summed E-state index contributed by atoms with van der Waals surface area (Å²) in [5.41, 5.74) is -2.56. The van der Waals surface area contributed by atoms with E-state index in [0.29, 0.717) is 28.7 Å². The monoisotopic (exact) mass is 566 g/mol. The molecule has 0 radical (unpaired) electrons. The molecule has 2 unspecified atom stereocenters. The summed E-state index contributed by atoms with van der Waals surface area (Å²) in [4.78, 5) is 22.6. The number of aliphatic hydroxyl groups is 1. The van der Waals surface area contributed by atoms with Gasteiger partial charge in [0.15, 0.2) is 0 Å². The average molecular weight is 567 g/mol. The number of rotatable bonds is 10. The van der Waals surface area contributed by atoms with Gasteiger partial charge in [0.25, 0.3) is 5.66 Å². The molecule has 0 saturated carbocycles. The van der Waals surface area contributed by atoms with E-state index >= 15 is 0 Å². The van der Waals surface area contributed by atoms with Crippen LogP contribution >= 0.6 is 23.5 Å². The number of alkyl halides is 2. The summed E-state index contributed by atoms with van der Waals surface area (Å²) in [5, 5.41) is 11.1. The fraction of sp³-hybridized carbons (Fsp3) is 0.308. The lowest BCUT2D eigenvalue weighted by atomic mass is 9.94. The predicted molar refractivity (Wildman–Crippen MR) is 130 cm³/mol. The molecule has 0 amide bonds. The van der Waals surface area contributed by atoms with Crippen LogP contribution in [-0.4, -0.2) is 5.11 Å². The van der Waals surface area contributed by atoms with Gasteiger partial charge in [-0.05, 0) is 62.7 Å². The highest BCUT2D eigenvalue weighted by molar-refractivity contribution is 9.10. The van der Waals surface area contributed by atoms with Gasteiger partial charge >= 0.3 is 0 Å². The topological polar surface area (TPSA) is 92.7 Å². The highest BCUT2D eigenvalue weighted by Crippen LogP contribution is 2.56. The Kier molecular flexibility index (Phi) is 9.02. The van der Waals surface area contributed by atoms with Gasteiger partial charge < -0.3 is 24.2 Å². The standard InChI is InChI=1S/C26H28BrF2O5P/c1-3-17-15-22(26(28,29)35(31,32)33)23(27)20(4-2)21(17)16-34-25(19-13-9-6-10-14-19)24(30)18-11-7-5-8-12-18/h5-15,24-25,30H,3-4,16H2,1-2H3,(H2,31,32,33)/p-2. The lowest BCUT2D eigenvalue weighted by Gasteiger charge is -2.39. The van der Waals surface area contributed by atoms with E-state index in [4.69, 9.17) is 4.74 Å². The van der Waals surface area contributed by atoms with Crippen LogP contribution in [0.2, 0.25) is 0 Å². The summed E-state index contributed by atoms with van der Waals surface area (Å²) >= 11 is 3.12. The summed E-state index contributed by atoms with van der Waals surface area (Å²) in [6.07, 6.45) is -1.15. The van der Waals surface area contributed by atoms with Gasteiger partial charge in [0.1, 0.15) is 12.2 Å². The predicted octanol–water partition coefficient (Wildman–Crippen LogP) is 5.53. The Balaban J connectivity index is 2.04. The van der Waals surface area contributed by atoms with Gasteiger partial charge in [-0.3, -0.25) is 0 Å². The zero-order valence-electron chi connectivity index (χ0n) is 19.3. The SMILES string of the molecule is CCc1cc(C(F)(F)P(=O)([O-])[O-])c(Br)c(CC)c1COC(c1ccccc1)C(O)c1ccccc1. The van der Waals surface area contributed by atoms with Gasteiger partial charge in [0.05, 0.1) is 6.61 Å². The molecule has 0 aliphatic rings. The van der Waals surface area contributed by atoms with Crippen LogP contribution in [0.25, 0.3) is 0 Å². The summed E-state index contributed by atoms with van der Waals surface area (Å²) < 4.78 is 46.5. The molecule has 0 aliphatic heterocycles. The molecule has 0 spiro atoms. The van der Waals surface area contributed by atoms with Crippen molar-refractivity contribution >= 4 is 23.5 Å². The molecular weight excluding hydrogens is 541 g/mol. The Bertz CT molecular complexity index is 1190. The van der Waals surface area contributed by atoms with Crippen LogP contribution in [0, 0.1) is 0 Å². The Labute approximate surface area is 212 Å². The average Bonchev–Trinajstić information content (AvgIpc) is 2.84. The Morgan fingerprint density at radius 1 is 0.971 bits per heavy atom. The minimum absolute atomic E-state index is 0.0212. The molecule has 2 atom stereocenters. The summed E-state index contributed by atoms with van der Waals surface area (Å²) in [7, 11) is -6.24. The van der Waals surface area contributed by atoms with Gasteiger partial charge in [-0.2, -0.15) is 8.78 Å². The highest BCUT2D eigenvalue weighted by Gasteiger charge is 2.39. The third-order valence-electron chi connectivity index (χ3n) is 5.94. The number of aliphatic hydroxyl groups excluding tert-OH is 1. The minimum atomic E-state index is -6.24. The maximum atomic E-state index is 14.5. The second-order valence-electron chi connectivity index (χ2n) is 8.10. The van der Waals surface area contributed by atoms with Crippen molar-refractivity contribution in [3.8, 4) is 0 Å². The number of hydrogen-bond donors (Lipinski definition) is 1. The lowest BCUT2D eigenvalue weighted by Crippen LogP contribution is -2.30. The van der Waals surface area contributed by atoms with Crippen molar-refractivity contribution in [1.29, 1.82) is 0 Å². The second-order valence-corrected chi connectivity index (χ2v) is 10.4. The minimum Gasteiger partial charge on any atom is -0.806 e. The van der Waals surface area contributed by atoms with E-state index in [1.165, 1.54) is 0 Å². The molecule has 0 heterocycles. The molecule has 3 aromatic rings. The fourth-order valence-electron chi connectivity index (χ4n) is 4.05. The normalized spacial score (nSPS) is 14.1. The first-order valence-electron chi connectivity index (χ1n) is 11.2. The maximum absolute atomic E-state index is 14.5. The van der Waals surface area contributed by atoms with E-state index in [-0.39, 0.29) is 17.5 Å². The largest absolute Gasteiger partial charge is 0.806 e. The fourth-order valence-corrected chi connectivity index (χ4v) is 5.56. The Morgan fingerprint density at radius 2 is 1.51 bits per heavy atom. The van der Waals surface area contributed by atoms with Crippen LogP contribution in [0.4, 0.5) is 8.78 Å². The van der Waals surface area contributed by atoms with E-state index in [0.717, 1.165) is 11.6 Å². The van der Waals surface area contributed by atoms with Crippen molar-refractivity contribution in [3.05, 3.63) is 105 Å². The van der Waals surface area contributed by atoms with Gasteiger partial charge in [0, 0.05) is 17.6 Å². The first-order valence-corrected chi connectivity index (χ1v) is 13.5. The van der Waals surface area contributed by atoms with E-state index in [1.807, 2.05) is 48.5 Å². The Morgan fingerprint density at radius 3 is 2.00 bits per heavy atom. The second kappa shape index (κ2) is 11.4. The molecule has 0 saturated heterocycles. The molecular formula is C26H26BrF2O5P-2. The van der Waals surface area contributed by atoms with E-state index < -0.39 is 31.0 Å². The van der Waals surface area contributed by atoms with Crippen molar-refractivity contribution < 1.29 is 33.0 Å². The van der Waals surface area contributed by atoms with Crippen molar-refractivity contribution in [1.82, 2.24) is 0 Å². The molecule has 3 rings (SSSR count). The molecule has 5 nitrogen and oxygen atoms in total. The van der Waals surface area contributed by atoms with Gasteiger partial charge in [0.2, 0.25) is 0 Å².